The number of carbonyl (C=O) groups is 1. The highest BCUT2D eigenvalue weighted by molar-refractivity contribution is 5.95. The van der Waals surface area contributed by atoms with Crippen molar-refractivity contribution < 1.29 is 4.79 Å². The lowest BCUT2D eigenvalue weighted by Crippen LogP contribution is -2.31. The van der Waals surface area contributed by atoms with Crippen LogP contribution in [0.25, 0.3) is 0 Å². The van der Waals surface area contributed by atoms with E-state index in [1.807, 2.05) is 0 Å². The molecule has 1 heterocycles. The minimum atomic E-state index is -0.191. The van der Waals surface area contributed by atoms with Gasteiger partial charge in [0.15, 0.2) is 0 Å². The minimum absolute atomic E-state index is 0.0220. The maximum Gasteiger partial charge on any atom is 0.253 e. The maximum atomic E-state index is 12.5. The molecule has 1 aromatic carbocycles. The van der Waals surface area contributed by atoms with E-state index >= 15 is 0 Å². The molecule has 0 saturated heterocycles. The van der Waals surface area contributed by atoms with Crippen molar-refractivity contribution in [2.24, 2.45) is 5.92 Å². The molecular formula is C18H20N2O2. The Hall–Kier alpha value is -2.36. The van der Waals surface area contributed by atoms with Crippen LogP contribution in [0.5, 0.6) is 0 Å². The zero-order valence-electron chi connectivity index (χ0n) is 13.1. The summed E-state index contributed by atoms with van der Waals surface area (Å²) in [7, 11) is 0. The number of rotatable bonds is 2. The Morgan fingerprint density at radius 2 is 2.05 bits per heavy atom. The summed E-state index contributed by atoms with van der Waals surface area (Å²) in [4.78, 5) is 26.4. The van der Waals surface area contributed by atoms with Crippen molar-refractivity contribution in [1.29, 1.82) is 0 Å². The van der Waals surface area contributed by atoms with Gasteiger partial charge in [0, 0.05) is 12.3 Å². The number of hydrogen-bond donors (Lipinski definition) is 2. The van der Waals surface area contributed by atoms with Crippen LogP contribution in [0, 0.1) is 19.8 Å². The quantitative estimate of drug-likeness (QED) is 0.895. The second kappa shape index (κ2) is 5.44. The first-order chi connectivity index (χ1) is 10.5. The van der Waals surface area contributed by atoms with Crippen LogP contribution in [0.4, 0.5) is 0 Å². The summed E-state index contributed by atoms with van der Waals surface area (Å²) < 4.78 is 0. The number of pyridine rings is 1. The zero-order chi connectivity index (χ0) is 15.9. The molecule has 0 radical (unpaired) electrons. The summed E-state index contributed by atoms with van der Waals surface area (Å²) >= 11 is 0. The van der Waals surface area contributed by atoms with E-state index in [2.05, 4.69) is 42.3 Å². The molecule has 0 bridgehead atoms. The Kier molecular flexibility index (Phi) is 3.61. The molecule has 0 aliphatic heterocycles. The lowest BCUT2D eigenvalue weighted by atomic mass is 10.0. The van der Waals surface area contributed by atoms with Crippen molar-refractivity contribution in [2.45, 2.75) is 33.2 Å². The second-order valence-electron chi connectivity index (χ2n) is 6.23. The lowest BCUT2D eigenvalue weighted by Gasteiger charge is -2.19. The molecule has 4 nitrogen and oxygen atoms in total. The molecule has 1 aromatic heterocycles. The van der Waals surface area contributed by atoms with E-state index in [0.29, 0.717) is 17.0 Å². The van der Waals surface area contributed by atoms with Gasteiger partial charge in [-0.3, -0.25) is 9.59 Å². The van der Waals surface area contributed by atoms with Crippen LogP contribution in [-0.4, -0.2) is 10.9 Å². The third-order valence-corrected chi connectivity index (χ3v) is 4.41. The molecule has 3 rings (SSSR count). The molecular weight excluding hydrogens is 276 g/mol. The van der Waals surface area contributed by atoms with Crippen LogP contribution in [0.15, 0.2) is 35.3 Å². The number of amides is 1. The van der Waals surface area contributed by atoms with Crippen LogP contribution < -0.4 is 10.9 Å². The average Bonchev–Trinajstić information content (AvgIpc) is 2.75. The van der Waals surface area contributed by atoms with Gasteiger partial charge in [0.1, 0.15) is 0 Å². The number of nitrogens with one attached hydrogen (secondary N) is 2. The summed E-state index contributed by atoms with van der Waals surface area (Å²) in [5.74, 6) is 0.226. The van der Waals surface area contributed by atoms with Gasteiger partial charge in [0.25, 0.3) is 5.91 Å². The molecule has 2 aromatic rings. The molecule has 0 unspecified atom stereocenters. The number of aromatic amines is 1. The monoisotopic (exact) mass is 296 g/mol. The van der Waals surface area contributed by atoms with Gasteiger partial charge in [-0.25, -0.2) is 0 Å². The first-order valence-corrected chi connectivity index (χ1v) is 7.55. The fourth-order valence-corrected chi connectivity index (χ4v) is 3.22. The van der Waals surface area contributed by atoms with Crippen LogP contribution in [-0.2, 0) is 6.42 Å². The molecule has 114 valence electrons. The number of fused-ring (bicyclic) bond motifs is 1. The number of aromatic nitrogens is 1. The fourth-order valence-electron chi connectivity index (χ4n) is 3.22. The largest absolute Gasteiger partial charge is 0.345 e. The number of aryl methyl sites for hydroxylation is 2. The summed E-state index contributed by atoms with van der Waals surface area (Å²) in [6.07, 6.45) is 2.47. The maximum absolute atomic E-state index is 12.5. The Morgan fingerprint density at radius 3 is 2.77 bits per heavy atom. The summed E-state index contributed by atoms with van der Waals surface area (Å²) in [6.45, 7) is 5.99. The Bertz CT molecular complexity index is 792. The fraction of sp³-hybridized carbons (Fsp3) is 0.333. The van der Waals surface area contributed by atoms with Gasteiger partial charge in [-0.05, 0) is 42.9 Å². The number of H-pyrrole nitrogens is 1. The molecule has 4 heteroatoms. The Morgan fingerprint density at radius 1 is 1.27 bits per heavy atom. The smallest absolute Gasteiger partial charge is 0.253 e. The van der Waals surface area contributed by atoms with E-state index in [4.69, 9.17) is 0 Å². The van der Waals surface area contributed by atoms with Gasteiger partial charge in [0.05, 0.1) is 11.6 Å². The van der Waals surface area contributed by atoms with Crippen molar-refractivity contribution in [1.82, 2.24) is 10.3 Å². The van der Waals surface area contributed by atoms with Crippen LogP contribution >= 0.6 is 0 Å². The minimum Gasteiger partial charge on any atom is -0.345 e. The van der Waals surface area contributed by atoms with Crippen molar-refractivity contribution in [2.75, 3.05) is 0 Å². The van der Waals surface area contributed by atoms with Gasteiger partial charge in [-0.15, -0.1) is 0 Å². The highest BCUT2D eigenvalue weighted by atomic mass is 16.2. The molecule has 1 amide bonds. The molecule has 1 aliphatic carbocycles. The van der Waals surface area contributed by atoms with E-state index in [0.717, 1.165) is 6.42 Å². The zero-order valence-corrected chi connectivity index (χ0v) is 13.1. The molecule has 2 N–H and O–H groups in total. The van der Waals surface area contributed by atoms with E-state index in [1.165, 1.54) is 29.0 Å². The standard InChI is InChI=1S/C18H20N2O2/c1-10-4-5-13-7-12(3)17(14(13)6-10)20-18(22)15-9-19-16(21)8-11(15)2/h4-6,8-9,12,17H,7H2,1-3H3,(H,19,21)(H,20,22)/t12-,17+/m0/s1. The van der Waals surface area contributed by atoms with Crippen LogP contribution in [0.3, 0.4) is 0 Å². The molecule has 0 saturated carbocycles. The van der Waals surface area contributed by atoms with Crippen molar-refractivity contribution in [3.63, 3.8) is 0 Å². The summed E-state index contributed by atoms with van der Waals surface area (Å²) in [5, 5.41) is 3.13. The first-order valence-electron chi connectivity index (χ1n) is 7.55. The Labute approximate surface area is 129 Å². The third-order valence-electron chi connectivity index (χ3n) is 4.41. The lowest BCUT2D eigenvalue weighted by molar-refractivity contribution is 0.0926. The SMILES string of the molecule is Cc1ccc2c(c1)[C@H](NC(=O)c1c[nH]c(=O)cc1C)[C@@H](C)C2. The normalized spacial score (nSPS) is 19.8. The van der Waals surface area contributed by atoms with E-state index in [-0.39, 0.29) is 17.5 Å². The molecule has 0 fully saturated rings. The van der Waals surface area contributed by atoms with E-state index in [9.17, 15) is 9.59 Å². The van der Waals surface area contributed by atoms with Crippen molar-refractivity contribution >= 4 is 5.91 Å². The molecule has 22 heavy (non-hydrogen) atoms. The average molecular weight is 296 g/mol. The summed E-state index contributed by atoms with van der Waals surface area (Å²) in [5.41, 5.74) is 4.74. The van der Waals surface area contributed by atoms with E-state index in [1.54, 1.807) is 6.92 Å². The van der Waals surface area contributed by atoms with Crippen LogP contribution in [0.2, 0.25) is 0 Å². The second-order valence-corrected chi connectivity index (χ2v) is 6.23. The topological polar surface area (TPSA) is 62.0 Å². The number of carbonyl (C=O) groups excluding carboxylic acids is 1. The van der Waals surface area contributed by atoms with Gasteiger partial charge in [0.2, 0.25) is 5.56 Å². The van der Waals surface area contributed by atoms with Crippen LogP contribution in [0.1, 0.15) is 45.6 Å². The predicted octanol–water partition coefficient (Wildman–Crippen LogP) is 2.66. The van der Waals surface area contributed by atoms with Gasteiger partial charge in [-0.1, -0.05) is 30.7 Å². The van der Waals surface area contributed by atoms with E-state index < -0.39 is 0 Å². The summed E-state index contributed by atoms with van der Waals surface area (Å²) in [6, 6.07) is 7.89. The highest BCUT2D eigenvalue weighted by Gasteiger charge is 2.31. The Balaban J connectivity index is 1.89. The van der Waals surface area contributed by atoms with Crippen molar-refractivity contribution in [3.05, 3.63) is 68.6 Å². The molecule has 2 atom stereocenters. The predicted molar refractivity (Wildman–Crippen MR) is 86.1 cm³/mol. The first kappa shape index (κ1) is 14.6. The van der Waals surface area contributed by atoms with Gasteiger partial charge >= 0.3 is 0 Å². The molecule has 1 aliphatic rings. The van der Waals surface area contributed by atoms with Crippen molar-refractivity contribution in [3.8, 4) is 0 Å². The van der Waals surface area contributed by atoms with Gasteiger partial charge < -0.3 is 10.3 Å². The molecule has 0 spiro atoms. The van der Waals surface area contributed by atoms with Gasteiger partial charge in [-0.2, -0.15) is 0 Å². The third kappa shape index (κ3) is 2.56. The number of benzene rings is 1. The number of hydrogen-bond acceptors (Lipinski definition) is 2. The highest BCUT2D eigenvalue weighted by Crippen LogP contribution is 2.36.